The number of nitrogens with zero attached hydrogens (tertiary/aromatic N) is 3. The van der Waals surface area contributed by atoms with Crippen LogP contribution in [0, 0.1) is 6.57 Å². The summed E-state index contributed by atoms with van der Waals surface area (Å²) in [4.78, 5) is 12.8. The van der Waals surface area contributed by atoms with E-state index in [0.717, 1.165) is 22.3 Å². The third kappa shape index (κ3) is 3.93. The van der Waals surface area contributed by atoms with Crippen LogP contribution in [0.25, 0.3) is 15.7 Å². The fourth-order valence-electron chi connectivity index (χ4n) is 3.05. The molecule has 0 aliphatic heterocycles. The third-order valence-corrected chi connectivity index (χ3v) is 4.55. The van der Waals surface area contributed by atoms with Crippen molar-refractivity contribution >= 4 is 28.1 Å². The Morgan fingerprint density at radius 3 is 2.33 bits per heavy atom. The molecule has 0 amide bonds. The molecule has 0 atom stereocenters. The van der Waals surface area contributed by atoms with E-state index in [1.165, 1.54) is 5.56 Å². The van der Waals surface area contributed by atoms with Crippen molar-refractivity contribution in [3.8, 4) is 0 Å². The molecule has 4 heteroatoms. The zero-order valence-corrected chi connectivity index (χ0v) is 16.9. The number of aromatic nitrogens is 2. The van der Waals surface area contributed by atoms with Crippen molar-refractivity contribution in [3.63, 3.8) is 0 Å². The number of hydrogen-bond donors (Lipinski definition) is 1. The average molecular weight is 358 g/mol. The van der Waals surface area contributed by atoms with E-state index in [1.807, 2.05) is 12.1 Å². The molecule has 138 valence electrons. The van der Waals surface area contributed by atoms with Gasteiger partial charge < -0.3 is 5.32 Å². The Labute approximate surface area is 161 Å². The zero-order valence-electron chi connectivity index (χ0n) is 16.9. The second-order valence-electron chi connectivity index (χ2n) is 8.89. The lowest BCUT2D eigenvalue weighted by Gasteiger charge is -2.26. The van der Waals surface area contributed by atoms with Crippen molar-refractivity contribution in [1.29, 1.82) is 0 Å². The van der Waals surface area contributed by atoms with Crippen molar-refractivity contribution < 1.29 is 0 Å². The van der Waals surface area contributed by atoms with Crippen molar-refractivity contribution in [2.45, 2.75) is 52.4 Å². The molecule has 2 heterocycles. The lowest BCUT2D eigenvalue weighted by atomic mass is 9.81. The van der Waals surface area contributed by atoms with Gasteiger partial charge >= 0.3 is 0 Å². The van der Waals surface area contributed by atoms with Gasteiger partial charge in [-0.15, -0.1) is 0 Å². The normalized spacial score (nSPS) is 12.0. The summed E-state index contributed by atoms with van der Waals surface area (Å²) >= 11 is 0. The highest BCUT2D eigenvalue weighted by atomic mass is 15.0. The van der Waals surface area contributed by atoms with Gasteiger partial charge in [0.05, 0.1) is 17.8 Å². The van der Waals surface area contributed by atoms with Crippen molar-refractivity contribution in [2.75, 3.05) is 5.32 Å². The van der Waals surface area contributed by atoms with Crippen LogP contribution in [0.5, 0.6) is 0 Å². The molecule has 4 nitrogen and oxygen atoms in total. The Bertz CT molecular complexity index is 1030. The minimum atomic E-state index is -0.0520. The van der Waals surface area contributed by atoms with Crippen molar-refractivity contribution in [1.82, 2.24) is 9.97 Å². The highest BCUT2D eigenvalue weighted by Crippen LogP contribution is 2.36. The van der Waals surface area contributed by atoms with E-state index in [1.54, 1.807) is 18.3 Å². The van der Waals surface area contributed by atoms with Gasteiger partial charge in [-0.25, -0.2) is 9.83 Å². The predicted molar refractivity (Wildman–Crippen MR) is 113 cm³/mol. The molecule has 0 radical (unpaired) electrons. The number of nitrogens with one attached hydrogen (secondary N) is 1. The maximum atomic E-state index is 7.20. The third-order valence-electron chi connectivity index (χ3n) is 4.55. The minimum absolute atomic E-state index is 0.00206. The Balaban J connectivity index is 2.23. The lowest BCUT2D eigenvalue weighted by Crippen LogP contribution is -2.18. The summed E-state index contributed by atoms with van der Waals surface area (Å²) in [7, 11) is 0. The van der Waals surface area contributed by atoms with Crippen LogP contribution in [0.4, 0.5) is 17.2 Å². The first-order valence-corrected chi connectivity index (χ1v) is 9.15. The number of fused-ring (bicyclic) bond motifs is 1. The minimum Gasteiger partial charge on any atom is -0.340 e. The summed E-state index contributed by atoms with van der Waals surface area (Å²) in [5.41, 5.74) is 4.70. The quantitative estimate of drug-likeness (QED) is 0.530. The lowest BCUT2D eigenvalue weighted by molar-refractivity contribution is 0.558. The maximum Gasteiger partial charge on any atom is 0.192 e. The van der Waals surface area contributed by atoms with E-state index in [0.29, 0.717) is 11.5 Å². The summed E-state index contributed by atoms with van der Waals surface area (Å²) in [5, 5.41) is 4.50. The summed E-state index contributed by atoms with van der Waals surface area (Å²) in [6, 6.07) is 11.9. The summed E-state index contributed by atoms with van der Waals surface area (Å²) in [5.74, 6) is 0.649. The van der Waals surface area contributed by atoms with Crippen LogP contribution < -0.4 is 5.32 Å². The van der Waals surface area contributed by atoms with Crippen LogP contribution in [-0.2, 0) is 10.8 Å². The van der Waals surface area contributed by atoms with E-state index in [9.17, 15) is 0 Å². The van der Waals surface area contributed by atoms with E-state index < -0.39 is 0 Å². The van der Waals surface area contributed by atoms with E-state index in [2.05, 4.69) is 68.8 Å². The standard InChI is InChI=1S/C23H26N4/c1-22(2,3)17-14-19(23(4,5)6)27-21-16(17)9-8-10-18(21)26-20-13-15(24-7)11-12-25-20/h8-14H,1-6H3,(H,25,26). The van der Waals surface area contributed by atoms with Gasteiger partial charge in [-0.05, 0) is 35.2 Å². The van der Waals surface area contributed by atoms with Crippen LogP contribution in [0.2, 0.25) is 0 Å². The average Bonchev–Trinajstić information content (AvgIpc) is 2.59. The second kappa shape index (κ2) is 6.66. The van der Waals surface area contributed by atoms with Gasteiger partial charge in [0.15, 0.2) is 5.69 Å². The SMILES string of the molecule is [C-]#[N+]c1ccnc(Nc2cccc3c(C(C)(C)C)cc(C(C)(C)C)nc23)c1. The highest BCUT2D eigenvalue weighted by Gasteiger charge is 2.24. The number of para-hydroxylation sites is 1. The molecule has 1 N–H and O–H groups in total. The van der Waals surface area contributed by atoms with Crippen LogP contribution in [0.15, 0.2) is 42.6 Å². The number of rotatable bonds is 2. The first-order chi connectivity index (χ1) is 12.6. The van der Waals surface area contributed by atoms with Crippen LogP contribution in [0.3, 0.4) is 0 Å². The smallest absolute Gasteiger partial charge is 0.192 e. The zero-order chi connectivity index (χ0) is 19.8. The molecular formula is C23H26N4. The van der Waals surface area contributed by atoms with E-state index >= 15 is 0 Å². The first kappa shape index (κ1) is 18.8. The van der Waals surface area contributed by atoms with Gasteiger partial charge in [0.2, 0.25) is 0 Å². The van der Waals surface area contributed by atoms with Gasteiger partial charge in [0, 0.05) is 22.7 Å². The van der Waals surface area contributed by atoms with Gasteiger partial charge in [0.25, 0.3) is 0 Å². The molecule has 1 aromatic carbocycles. The molecule has 3 rings (SSSR count). The van der Waals surface area contributed by atoms with Crippen molar-refractivity contribution in [2.24, 2.45) is 0 Å². The molecule has 0 saturated heterocycles. The molecule has 0 aliphatic rings. The summed E-state index contributed by atoms with van der Waals surface area (Å²) < 4.78 is 0. The van der Waals surface area contributed by atoms with E-state index in [-0.39, 0.29) is 10.8 Å². The Kier molecular flexibility index (Phi) is 4.65. The molecule has 0 bridgehead atoms. The summed E-state index contributed by atoms with van der Waals surface area (Å²) in [6.07, 6.45) is 1.65. The second-order valence-corrected chi connectivity index (χ2v) is 8.89. The Morgan fingerprint density at radius 2 is 1.70 bits per heavy atom. The molecule has 3 aromatic rings. The van der Waals surface area contributed by atoms with Gasteiger partial charge in [-0.2, -0.15) is 0 Å². The van der Waals surface area contributed by atoms with Gasteiger partial charge in [0.1, 0.15) is 5.82 Å². The molecular weight excluding hydrogens is 332 g/mol. The molecule has 0 aliphatic carbocycles. The van der Waals surface area contributed by atoms with Crippen LogP contribution >= 0.6 is 0 Å². The molecule has 0 unspecified atom stereocenters. The van der Waals surface area contributed by atoms with Crippen molar-refractivity contribution in [3.05, 3.63) is 65.3 Å². The van der Waals surface area contributed by atoms with Crippen LogP contribution in [0.1, 0.15) is 52.8 Å². The number of anilines is 2. The van der Waals surface area contributed by atoms with Crippen LogP contribution in [-0.4, -0.2) is 9.97 Å². The summed E-state index contributed by atoms with van der Waals surface area (Å²) in [6.45, 7) is 20.5. The Hall–Kier alpha value is -2.93. The Morgan fingerprint density at radius 1 is 0.963 bits per heavy atom. The fraction of sp³-hybridized carbons (Fsp3) is 0.348. The largest absolute Gasteiger partial charge is 0.340 e. The molecule has 0 spiro atoms. The first-order valence-electron chi connectivity index (χ1n) is 9.15. The predicted octanol–water partition coefficient (Wildman–Crippen LogP) is 6.52. The molecule has 27 heavy (non-hydrogen) atoms. The van der Waals surface area contributed by atoms with E-state index in [4.69, 9.17) is 11.6 Å². The number of hydrogen-bond acceptors (Lipinski definition) is 3. The van der Waals surface area contributed by atoms with Gasteiger partial charge in [-0.3, -0.25) is 4.98 Å². The number of benzene rings is 1. The highest BCUT2D eigenvalue weighted by molar-refractivity contribution is 5.94. The topological polar surface area (TPSA) is 42.2 Å². The molecule has 2 aromatic heterocycles. The molecule has 0 fully saturated rings. The van der Waals surface area contributed by atoms with Gasteiger partial charge in [-0.1, -0.05) is 53.7 Å². The fourth-order valence-corrected chi connectivity index (χ4v) is 3.05. The monoisotopic (exact) mass is 358 g/mol. The number of pyridine rings is 2. The maximum absolute atomic E-state index is 7.20. The molecule has 0 saturated carbocycles.